The molecule has 0 saturated heterocycles. The Labute approximate surface area is 112 Å². The first-order valence-electron chi connectivity index (χ1n) is 6.75. The molecule has 1 fully saturated rings. The van der Waals surface area contributed by atoms with E-state index in [9.17, 15) is 9.90 Å². The van der Waals surface area contributed by atoms with Crippen LogP contribution in [0.5, 0.6) is 0 Å². The fourth-order valence-electron chi connectivity index (χ4n) is 2.64. The van der Waals surface area contributed by atoms with Gasteiger partial charge in [-0.3, -0.25) is 4.79 Å². The molecule has 0 spiro atoms. The molecule has 1 aromatic heterocycles. The smallest absolute Gasteiger partial charge is 0.310 e. The van der Waals surface area contributed by atoms with Gasteiger partial charge in [-0.1, -0.05) is 18.0 Å². The lowest BCUT2D eigenvalue weighted by atomic mass is 9.83. The molecule has 0 aromatic carbocycles. The molecule has 1 saturated carbocycles. The molecule has 6 nitrogen and oxygen atoms in total. The SMILES string of the molecule is CCOC(C)c1noc(CC2(C(=O)O)CCCC2)n1. The predicted octanol–water partition coefficient (Wildman–Crippen LogP) is 2.35. The summed E-state index contributed by atoms with van der Waals surface area (Å²) in [5, 5.41) is 13.3. The third-order valence-corrected chi connectivity index (χ3v) is 3.77. The molecule has 1 aromatic rings. The average molecular weight is 268 g/mol. The van der Waals surface area contributed by atoms with Gasteiger partial charge in [0.05, 0.1) is 5.41 Å². The van der Waals surface area contributed by atoms with E-state index in [0.717, 1.165) is 12.8 Å². The second kappa shape index (κ2) is 5.69. The molecule has 0 aliphatic heterocycles. The second-order valence-corrected chi connectivity index (χ2v) is 5.11. The second-order valence-electron chi connectivity index (χ2n) is 5.11. The van der Waals surface area contributed by atoms with Crippen molar-refractivity contribution in [3.05, 3.63) is 11.7 Å². The fraction of sp³-hybridized carbons (Fsp3) is 0.769. The van der Waals surface area contributed by atoms with Gasteiger partial charge in [0.15, 0.2) is 5.82 Å². The summed E-state index contributed by atoms with van der Waals surface area (Å²) < 4.78 is 10.5. The van der Waals surface area contributed by atoms with Crippen molar-refractivity contribution >= 4 is 5.97 Å². The standard InChI is InChI=1S/C13H20N2O4/c1-3-18-9(2)11-14-10(19-15-11)8-13(12(16)17)6-4-5-7-13/h9H,3-8H2,1-2H3,(H,16,17). The highest BCUT2D eigenvalue weighted by Crippen LogP contribution is 2.41. The molecule has 2 rings (SSSR count). The Balaban J connectivity index is 2.08. The quantitative estimate of drug-likeness (QED) is 0.852. The van der Waals surface area contributed by atoms with Crippen LogP contribution in [0.4, 0.5) is 0 Å². The highest BCUT2D eigenvalue weighted by Gasteiger charge is 2.42. The van der Waals surface area contributed by atoms with E-state index in [1.807, 2.05) is 13.8 Å². The lowest BCUT2D eigenvalue weighted by Crippen LogP contribution is -2.30. The number of hydrogen-bond donors (Lipinski definition) is 1. The van der Waals surface area contributed by atoms with Gasteiger partial charge in [0, 0.05) is 13.0 Å². The number of ether oxygens (including phenoxy) is 1. The lowest BCUT2D eigenvalue weighted by Gasteiger charge is -2.21. The maximum absolute atomic E-state index is 11.5. The number of carboxylic acid groups (broad SMARTS) is 1. The highest BCUT2D eigenvalue weighted by molar-refractivity contribution is 5.75. The molecule has 19 heavy (non-hydrogen) atoms. The van der Waals surface area contributed by atoms with Gasteiger partial charge in [-0.25, -0.2) is 0 Å². The average Bonchev–Trinajstić information content (AvgIpc) is 3.00. The zero-order valence-electron chi connectivity index (χ0n) is 11.4. The minimum absolute atomic E-state index is 0.230. The largest absolute Gasteiger partial charge is 0.481 e. The summed E-state index contributed by atoms with van der Waals surface area (Å²) in [5.41, 5.74) is -0.724. The van der Waals surface area contributed by atoms with E-state index >= 15 is 0 Å². The number of rotatable bonds is 6. The number of carboxylic acids is 1. The Kier molecular flexibility index (Phi) is 4.19. The van der Waals surface area contributed by atoms with Crippen molar-refractivity contribution in [2.45, 2.75) is 52.1 Å². The summed E-state index contributed by atoms with van der Waals surface area (Å²) in [4.78, 5) is 15.7. The van der Waals surface area contributed by atoms with Gasteiger partial charge in [-0.2, -0.15) is 4.98 Å². The zero-order chi connectivity index (χ0) is 13.9. The van der Waals surface area contributed by atoms with Crippen LogP contribution in [0.15, 0.2) is 4.52 Å². The third kappa shape index (κ3) is 2.94. The van der Waals surface area contributed by atoms with Crippen LogP contribution in [0.1, 0.15) is 57.3 Å². The first-order valence-corrected chi connectivity index (χ1v) is 6.75. The first kappa shape index (κ1) is 14.0. The molecular formula is C13H20N2O4. The van der Waals surface area contributed by atoms with E-state index in [4.69, 9.17) is 9.26 Å². The van der Waals surface area contributed by atoms with E-state index in [1.165, 1.54) is 0 Å². The Morgan fingerprint density at radius 3 is 2.79 bits per heavy atom. The van der Waals surface area contributed by atoms with Crippen molar-refractivity contribution in [2.24, 2.45) is 5.41 Å². The molecule has 106 valence electrons. The fourth-order valence-corrected chi connectivity index (χ4v) is 2.64. The topological polar surface area (TPSA) is 85.5 Å². The van der Waals surface area contributed by atoms with Crippen molar-refractivity contribution in [2.75, 3.05) is 6.61 Å². The zero-order valence-corrected chi connectivity index (χ0v) is 11.4. The number of hydrogen-bond acceptors (Lipinski definition) is 5. The molecule has 1 heterocycles. The lowest BCUT2D eigenvalue weighted by molar-refractivity contribution is -0.148. The molecule has 1 unspecified atom stereocenters. The molecule has 1 aliphatic rings. The van der Waals surface area contributed by atoms with E-state index in [0.29, 0.717) is 37.6 Å². The van der Waals surface area contributed by atoms with Gasteiger partial charge < -0.3 is 14.4 Å². The van der Waals surface area contributed by atoms with Gasteiger partial charge in [-0.05, 0) is 26.7 Å². The van der Waals surface area contributed by atoms with Crippen LogP contribution in [0.3, 0.4) is 0 Å². The molecular weight excluding hydrogens is 248 g/mol. The van der Waals surface area contributed by atoms with Gasteiger partial charge in [-0.15, -0.1) is 0 Å². The van der Waals surface area contributed by atoms with Crippen LogP contribution in [-0.4, -0.2) is 27.8 Å². The summed E-state index contributed by atoms with van der Waals surface area (Å²) in [6, 6.07) is 0. The maximum atomic E-state index is 11.5. The Bertz CT molecular complexity index is 438. The summed E-state index contributed by atoms with van der Waals surface area (Å²) in [6.45, 7) is 4.32. The monoisotopic (exact) mass is 268 g/mol. The predicted molar refractivity (Wildman–Crippen MR) is 66.6 cm³/mol. The van der Waals surface area contributed by atoms with Gasteiger partial charge in [0.2, 0.25) is 5.89 Å². The third-order valence-electron chi connectivity index (χ3n) is 3.77. The summed E-state index contributed by atoms with van der Waals surface area (Å²) in [7, 11) is 0. The molecule has 1 atom stereocenters. The molecule has 1 aliphatic carbocycles. The molecule has 0 amide bonds. The van der Waals surface area contributed by atoms with Crippen LogP contribution in [0, 0.1) is 5.41 Å². The van der Waals surface area contributed by atoms with E-state index in [1.54, 1.807) is 0 Å². The van der Waals surface area contributed by atoms with Crippen LogP contribution in [0.2, 0.25) is 0 Å². The number of carbonyl (C=O) groups is 1. The number of nitrogens with zero attached hydrogens (tertiary/aromatic N) is 2. The van der Waals surface area contributed by atoms with Crippen LogP contribution in [-0.2, 0) is 16.0 Å². The van der Waals surface area contributed by atoms with E-state index < -0.39 is 11.4 Å². The van der Waals surface area contributed by atoms with Crippen molar-refractivity contribution in [1.29, 1.82) is 0 Å². The number of aromatic nitrogens is 2. The van der Waals surface area contributed by atoms with Crippen LogP contribution in [0.25, 0.3) is 0 Å². The van der Waals surface area contributed by atoms with Gasteiger partial charge >= 0.3 is 5.97 Å². The van der Waals surface area contributed by atoms with E-state index in [-0.39, 0.29) is 6.10 Å². The Morgan fingerprint density at radius 1 is 1.53 bits per heavy atom. The minimum atomic E-state index is -0.761. The van der Waals surface area contributed by atoms with Crippen molar-refractivity contribution in [3.63, 3.8) is 0 Å². The van der Waals surface area contributed by atoms with Crippen molar-refractivity contribution < 1.29 is 19.2 Å². The van der Waals surface area contributed by atoms with Crippen molar-refractivity contribution in [1.82, 2.24) is 10.1 Å². The molecule has 6 heteroatoms. The Morgan fingerprint density at radius 2 is 2.21 bits per heavy atom. The molecule has 0 bridgehead atoms. The molecule has 1 N–H and O–H groups in total. The minimum Gasteiger partial charge on any atom is -0.481 e. The maximum Gasteiger partial charge on any atom is 0.310 e. The summed E-state index contributed by atoms with van der Waals surface area (Å²) >= 11 is 0. The first-order chi connectivity index (χ1) is 9.07. The number of aliphatic carboxylic acids is 1. The van der Waals surface area contributed by atoms with E-state index in [2.05, 4.69) is 10.1 Å². The van der Waals surface area contributed by atoms with Crippen molar-refractivity contribution in [3.8, 4) is 0 Å². The van der Waals surface area contributed by atoms with Gasteiger partial charge in [0.25, 0.3) is 0 Å². The van der Waals surface area contributed by atoms with Crippen LogP contribution < -0.4 is 0 Å². The summed E-state index contributed by atoms with van der Waals surface area (Å²) in [5.74, 6) is 0.115. The van der Waals surface area contributed by atoms with Crippen LogP contribution >= 0.6 is 0 Å². The Hall–Kier alpha value is -1.43. The van der Waals surface area contributed by atoms with Gasteiger partial charge in [0.1, 0.15) is 6.10 Å². The highest BCUT2D eigenvalue weighted by atomic mass is 16.5. The summed E-state index contributed by atoms with van der Waals surface area (Å²) in [6.07, 6.45) is 3.34. The normalized spacial score (nSPS) is 19.5. The molecule has 0 radical (unpaired) electrons.